The molecule has 0 aromatic heterocycles. The summed E-state index contributed by atoms with van der Waals surface area (Å²) in [6, 6.07) is 0.338. The molecule has 1 amide bonds. The summed E-state index contributed by atoms with van der Waals surface area (Å²) < 4.78 is 0. The van der Waals surface area contributed by atoms with Gasteiger partial charge in [-0.3, -0.25) is 4.79 Å². The largest absolute Gasteiger partial charge is 0.341 e. The van der Waals surface area contributed by atoms with Crippen LogP contribution < -0.4 is 5.32 Å². The van der Waals surface area contributed by atoms with Gasteiger partial charge in [-0.05, 0) is 59.0 Å². The number of rotatable bonds is 5. The van der Waals surface area contributed by atoms with Gasteiger partial charge >= 0.3 is 0 Å². The van der Waals surface area contributed by atoms with Crippen LogP contribution in [0.2, 0.25) is 0 Å². The van der Waals surface area contributed by atoms with Gasteiger partial charge in [0.1, 0.15) is 0 Å². The first kappa shape index (κ1) is 15.8. The number of amides is 1. The lowest BCUT2D eigenvalue weighted by molar-refractivity contribution is -0.134. The molecule has 20 heavy (non-hydrogen) atoms. The van der Waals surface area contributed by atoms with E-state index in [-0.39, 0.29) is 11.9 Å². The minimum atomic E-state index is -0.0482. The fourth-order valence-corrected chi connectivity index (χ4v) is 3.47. The maximum absolute atomic E-state index is 12.4. The summed E-state index contributed by atoms with van der Waals surface area (Å²) in [6.07, 6.45) is 7.65. The van der Waals surface area contributed by atoms with Crippen LogP contribution in [0.4, 0.5) is 0 Å². The zero-order chi connectivity index (χ0) is 14.4. The van der Waals surface area contributed by atoms with Crippen molar-refractivity contribution >= 4 is 5.91 Å². The Morgan fingerprint density at radius 2 is 1.50 bits per heavy atom. The van der Waals surface area contributed by atoms with Gasteiger partial charge in [0.05, 0.1) is 6.04 Å². The molecule has 2 heterocycles. The molecule has 116 valence electrons. The lowest BCUT2D eigenvalue weighted by Crippen LogP contribution is -2.51. The molecular weight excluding hydrogens is 250 g/mol. The van der Waals surface area contributed by atoms with E-state index in [1.165, 1.54) is 51.6 Å². The average molecular weight is 281 g/mol. The summed E-state index contributed by atoms with van der Waals surface area (Å²) in [6.45, 7) is 9.63. The molecule has 1 N–H and O–H groups in total. The van der Waals surface area contributed by atoms with Crippen LogP contribution in [-0.2, 0) is 4.79 Å². The number of carbonyl (C=O) groups excluding carboxylic acids is 1. The molecule has 0 saturated carbocycles. The molecule has 2 atom stereocenters. The van der Waals surface area contributed by atoms with Crippen molar-refractivity contribution in [3.8, 4) is 0 Å². The fourth-order valence-electron chi connectivity index (χ4n) is 3.47. The Morgan fingerprint density at radius 1 is 0.950 bits per heavy atom. The molecule has 4 nitrogen and oxygen atoms in total. The van der Waals surface area contributed by atoms with Crippen molar-refractivity contribution in [2.45, 2.75) is 64.5 Å². The quantitative estimate of drug-likeness (QED) is 0.835. The fraction of sp³-hybridized carbons (Fsp3) is 0.938. The third kappa shape index (κ3) is 4.74. The summed E-state index contributed by atoms with van der Waals surface area (Å²) in [4.78, 5) is 16.9. The third-order valence-corrected chi connectivity index (χ3v) is 4.55. The molecule has 2 aliphatic heterocycles. The first-order valence-electron chi connectivity index (χ1n) is 8.44. The molecule has 0 aromatic rings. The van der Waals surface area contributed by atoms with E-state index in [4.69, 9.17) is 0 Å². The van der Waals surface area contributed by atoms with Gasteiger partial charge < -0.3 is 15.1 Å². The van der Waals surface area contributed by atoms with E-state index in [2.05, 4.69) is 17.1 Å². The Morgan fingerprint density at radius 3 is 2.10 bits per heavy atom. The Kier molecular flexibility index (Phi) is 6.30. The number of piperidine rings is 2. The summed E-state index contributed by atoms with van der Waals surface area (Å²) in [5, 5.41) is 3.49. The number of carbonyl (C=O) groups is 1. The van der Waals surface area contributed by atoms with Crippen molar-refractivity contribution in [3.05, 3.63) is 0 Å². The van der Waals surface area contributed by atoms with Crippen molar-refractivity contribution in [2.24, 2.45) is 0 Å². The number of hydrogen-bond acceptors (Lipinski definition) is 3. The second-order valence-corrected chi connectivity index (χ2v) is 6.54. The van der Waals surface area contributed by atoms with Crippen LogP contribution in [-0.4, -0.2) is 60.5 Å². The van der Waals surface area contributed by atoms with Gasteiger partial charge in [0.2, 0.25) is 5.91 Å². The highest BCUT2D eigenvalue weighted by Crippen LogP contribution is 2.11. The van der Waals surface area contributed by atoms with Crippen LogP contribution in [0.1, 0.15) is 52.4 Å². The van der Waals surface area contributed by atoms with Crippen LogP contribution in [0.5, 0.6) is 0 Å². The van der Waals surface area contributed by atoms with Crippen LogP contribution in [0.25, 0.3) is 0 Å². The number of nitrogens with one attached hydrogen (secondary N) is 1. The lowest BCUT2D eigenvalue weighted by Gasteiger charge is -2.33. The monoisotopic (exact) mass is 281 g/mol. The van der Waals surface area contributed by atoms with Crippen molar-refractivity contribution in [3.63, 3.8) is 0 Å². The summed E-state index contributed by atoms with van der Waals surface area (Å²) in [5.41, 5.74) is 0. The van der Waals surface area contributed by atoms with Gasteiger partial charge in [0, 0.05) is 25.7 Å². The summed E-state index contributed by atoms with van der Waals surface area (Å²) >= 11 is 0. The standard InChI is InChI=1S/C16H31N3O/c1-14(13-18-9-5-3-6-10-18)17-15(2)16(20)19-11-7-4-8-12-19/h14-15,17H,3-13H2,1-2H3. The molecule has 0 spiro atoms. The van der Waals surface area contributed by atoms with Crippen LogP contribution in [0.3, 0.4) is 0 Å². The molecule has 2 rings (SSSR count). The van der Waals surface area contributed by atoms with E-state index >= 15 is 0 Å². The van der Waals surface area contributed by atoms with E-state index in [0.717, 1.165) is 19.6 Å². The Bertz CT molecular complexity index is 296. The molecule has 0 bridgehead atoms. The van der Waals surface area contributed by atoms with E-state index in [1.54, 1.807) is 0 Å². The zero-order valence-electron chi connectivity index (χ0n) is 13.2. The maximum Gasteiger partial charge on any atom is 0.239 e. The molecule has 0 aromatic carbocycles. The molecule has 0 radical (unpaired) electrons. The van der Waals surface area contributed by atoms with Gasteiger partial charge in [-0.1, -0.05) is 6.42 Å². The number of nitrogens with zero attached hydrogens (tertiary/aromatic N) is 2. The average Bonchev–Trinajstić information content (AvgIpc) is 2.48. The number of hydrogen-bond donors (Lipinski definition) is 1. The van der Waals surface area contributed by atoms with Gasteiger partial charge in [-0.2, -0.15) is 0 Å². The minimum Gasteiger partial charge on any atom is -0.341 e. The molecule has 2 fully saturated rings. The highest BCUT2D eigenvalue weighted by molar-refractivity contribution is 5.81. The second kappa shape index (κ2) is 7.99. The normalized spacial score (nSPS) is 24.4. The smallest absolute Gasteiger partial charge is 0.239 e. The van der Waals surface area contributed by atoms with Gasteiger partial charge in [0.15, 0.2) is 0 Å². The summed E-state index contributed by atoms with van der Waals surface area (Å²) in [7, 11) is 0. The first-order chi connectivity index (χ1) is 9.66. The van der Waals surface area contributed by atoms with Gasteiger partial charge in [-0.25, -0.2) is 0 Å². The second-order valence-electron chi connectivity index (χ2n) is 6.54. The van der Waals surface area contributed by atoms with Crippen molar-refractivity contribution in [2.75, 3.05) is 32.7 Å². The highest BCUT2D eigenvalue weighted by Gasteiger charge is 2.23. The maximum atomic E-state index is 12.4. The minimum absolute atomic E-state index is 0.0482. The first-order valence-corrected chi connectivity index (χ1v) is 8.44. The Balaban J connectivity index is 1.71. The van der Waals surface area contributed by atoms with E-state index in [0.29, 0.717) is 6.04 Å². The summed E-state index contributed by atoms with van der Waals surface area (Å²) in [5.74, 6) is 0.287. The molecule has 2 unspecified atom stereocenters. The molecule has 2 aliphatic rings. The van der Waals surface area contributed by atoms with Crippen molar-refractivity contribution in [1.82, 2.24) is 15.1 Å². The van der Waals surface area contributed by atoms with E-state index in [1.807, 2.05) is 11.8 Å². The molecular formula is C16H31N3O. The van der Waals surface area contributed by atoms with Crippen LogP contribution in [0, 0.1) is 0 Å². The number of likely N-dealkylation sites (tertiary alicyclic amines) is 2. The van der Waals surface area contributed by atoms with E-state index < -0.39 is 0 Å². The SMILES string of the molecule is CC(CN1CCCCC1)NC(C)C(=O)N1CCCCC1. The van der Waals surface area contributed by atoms with Crippen molar-refractivity contribution in [1.29, 1.82) is 0 Å². The van der Waals surface area contributed by atoms with E-state index in [9.17, 15) is 4.79 Å². The Hall–Kier alpha value is -0.610. The van der Waals surface area contributed by atoms with Crippen LogP contribution >= 0.6 is 0 Å². The molecule has 0 aliphatic carbocycles. The predicted octanol–water partition coefficient (Wildman–Crippen LogP) is 1.85. The molecule has 2 saturated heterocycles. The lowest BCUT2D eigenvalue weighted by atomic mass is 10.1. The topological polar surface area (TPSA) is 35.6 Å². The predicted molar refractivity (Wildman–Crippen MR) is 82.8 cm³/mol. The zero-order valence-corrected chi connectivity index (χ0v) is 13.2. The van der Waals surface area contributed by atoms with Crippen LogP contribution in [0.15, 0.2) is 0 Å². The highest BCUT2D eigenvalue weighted by atomic mass is 16.2. The van der Waals surface area contributed by atoms with Gasteiger partial charge in [-0.15, -0.1) is 0 Å². The van der Waals surface area contributed by atoms with Gasteiger partial charge in [0.25, 0.3) is 0 Å². The molecule has 4 heteroatoms. The Labute approximate surface area is 123 Å². The third-order valence-electron chi connectivity index (χ3n) is 4.55. The van der Waals surface area contributed by atoms with Crippen molar-refractivity contribution < 1.29 is 4.79 Å².